The van der Waals surface area contributed by atoms with Crippen molar-refractivity contribution in [1.82, 2.24) is 4.37 Å². The van der Waals surface area contributed by atoms with Gasteiger partial charge in [-0.15, -0.1) is 0 Å². The molecule has 0 spiro atoms. The lowest BCUT2D eigenvalue weighted by atomic mass is 10.2. The Kier molecular flexibility index (Phi) is 2.05. The second-order valence-electron chi connectivity index (χ2n) is 2.51. The molecule has 0 radical (unpaired) electrons. The molecule has 0 fully saturated rings. The van der Waals surface area contributed by atoms with Crippen molar-refractivity contribution in [3.05, 3.63) is 28.4 Å². The second-order valence-corrected chi connectivity index (χ2v) is 4.16. The summed E-state index contributed by atoms with van der Waals surface area (Å²) < 4.78 is 5.74. The molecule has 0 amide bonds. The number of carbonyl (C=O) groups is 1. The number of benzene rings is 1. The number of nitrogens with zero attached hydrogens (tertiary/aromatic N) is 1. The number of carboxylic acid groups (broad SMARTS) is 1. The van der Waals surface area contributed by atoms with E-state index in [9.17, 15) is 4.79 Å². The molecule has 0 aliphatic heterocycles. The Hall–Kier alpha value is -0.940. The van der Waals surface area contributed by atoms with E-state index in [1.54, 1.807) is 18.3 Å². The van der Waals surface area contributed by atoms with E-state index in [0.717, 1.165) is 14.6 Å². The van der Waals surface area contributed by atoms with Crippen LogP contribution in [-0.4, -0.2) is 15.4 Å². The van der Waals surface area contributed by atoms with Gasteiger partial charge in [-0.05, 0) is 39.6 Å². The van der Waals surface area contributed by atoms with Crippen LogP contribution in [0.25, 0.3) is 10.1 Å². The van der Waals surface area contributed by atoms with Crippen molar-refractivity contribution in [1.29, 1.82) is 0 Å². The van der Waals surface area contributed by atoms with Crippen LogP contribution in [0, 0.1) is 0 Å². The lowest BCUT2D eigenvalue weighted by molar-refractivity contribution is 0.0697. The maximum Gasteiger partial charge on any atom is 0.335 e. The molecule has 0 atom stereocenters. The number of aromatic carboxylic acids is 1. The lowest BCUT2D eigenvalue weighted by Crippen LogP contribution is -1.95. The monoisotopic (exact) mass is 257 g/mol. The molecule has 0 saturated carbocycles. The van der Waals surface area contributed by atoms with Crippen LogP contribution in [0.2, 0.25) is 0 Å². The van der Waals surface area contributed by atoms with Gasteiger partial charge in [0, 0.05) is 16.1 Å². The summed E-state index contributed by atoms with van der Waals surface area (Å²) >= 11 is 4.65. The summed E-state index contributed by atoms with van der Waals surface area (Å²) in [5, 5.41) is 9.63. The summed E-state index contributed by atoms with van der Waals surface area (Å²) in [6, 6.07) is 3.20. The topological polar surface area (TPSA) is 50.2 Å². The van der Waals surface area contributed by atoms with E-state index in [4.69, 9.17) is 5.11 Å². The molecule has 0 unspecified atom stereocenters. The molecular formula is C8H4BrNO2S. The minimum Gasteiger partial charge on any atom is -0.478 e. The molecule has 1 N–H and O–H groups in total. The highest BCUT2D eigenvalue weighted by Gasteiger charge is 2.08. The molecule has 0 saturated heterocycles. The van der Waals surface area contributed by atoms with Crippen molar-refractivity contribution < 1.29 is 9.90 Å². The number of rotatable bonds is 1. The third-order valence-electron chi connectivity index (χ3n) is 1.66. The first kappa shape index (κ1) is 8.65. The minimum absolute atomic E-state index is 0.277. The Bertz CT molecular complexity index is 480. The number of aromatic nitrogens is 1. The summed E-state index contributed by atoms with van der Waals surface area (Å²) in [7, 11) is 0. The Morgan fingerprint density at radius 2 is 2.31 bits per heavy atom. The maximum atomic E-state index is 10.7. The molecule has 3 nitrogen and oxygen atoms in total. The summed E-state index contributed by atoms with van der Waals surface area (Å²) in [5.41, 5.74) is 0.277. The van der Waals surface area contributed by atoms with E-state index in [-0.39, 0.29) is 5.56 Å². The van der Waals surface area contributed by atoms with Gasteiger partial charge in [0.1, 0.15) is 0 Å². The van der Waals surface area contributed by atoms with Gasteiger partial charge in [-0.2, -0.15) is 4.37 Å². The van der Waals surface area contributed by atoms with Crippen molar-refractivity contribution in [2.24, 2.45) is 0 Å². The highest BCUT2D eigenvalue weighted by molar-refractivity contribution is 9.10. The Morgan fingerprint density at radius 1 is 1.54 bits per heavy atom. The summed E-state index contributed by atoms with van der Waals surface area (Å²) in [6.07, 6.45) is 1.66. The standard InChI is InChI=1S/C8H4BrNO2S/c9-6-2-4(8(11)12)1-5-3-10-13-7(5)6/h1-3H,(H,11,12). The van der Waals surface area contributed by atoms with Crippen LogP contribution in [0.1, 0.15) is 10.4 Å². The highest BCUT2D eigenvalue weighted by atomic mass is 79.9. The molecule has 5 heteroatoms. The number of fused-ring (bicyclic) bond motifs is 1. The predicted molar refractivity (Wildman–Crippen MR) is 54.3 cm³/mol. The molecule has 0 aliphatic rings. The SMILES string of the molecule is O=C(O)c1cc(Br)c2sncc2c1. The van der Waals surface area contributed by atoms with E-state index in [1.807, 2.05) is 0 Å². The molecule has 2 aromatic rings. The van der Waals surface area contributed by atoms with Crippen LogP contribution in [0.4, 0.5) is 0 Å². The zero-order chi connectivity index (χ0) is 9.42. The first-order valence-electron chi connectivity index (χ1n) is 3.45. The first-order chi connectivity index (χ1) is 6.18. The number of carboxylic acids is 1. The van der Waals surface area contributed by atoms with Gasteiger partial charge in [0.05, 0.1) is 10.3 Å². The van der Waals surface area contributed by atoms with E-state index in [0.29, 0.717) is 0 Å². The van der Waals surface area contributed by atoms with Gasteiger partial charge in [0.15, 0.2) is 0 Å². The second kappa shape index (κ2) is 3.08. The fourth-order valence-electron chi connectivity index (χ4n) is 1.07. The van der Waals surface area contributed by atoms with Crippen molar-refractivity contribution in [3.63, 3.8) is 0 Å². The van der Waals surface area contributed by atoms with Crippen LogP contribution in [0.3, 0.4) is 0 Å². The number of hydrogen-bond acceptors (Lipinski definition) is 3. The van der Waals surface area contributed by atoms with Gasteiger partial charge in [-0.1, -0.05) is 0 Å². The zero-order valence-corrected chi connectivity index (χ0v) is 8.72. The lowest BCUT2D eigenvalue weighted by Gasteiger charge is -1.96. The molecule has 13 heavy (non-hydrogen) atoms. The van der Waals surface area contributed by atoms with Crippen LogP contribution in [0.15, 0.2) is 22.8 Å². The molecule has 0 bridgehead atoms. The molecule has 66 valence electrons. The van der Waals surface area contributed by atoms with Crippen LogP contribution in [-0.2, 0) is 0 Å². The van der Waals surface area contributed by atoms with Gasteiger partial charge < -0.3 is 5.11 Å². The molecule has 1 aromatic heterocycles. The third kappa shape index (κ3) is 1.45. The van der Waals surface area contributed by atoms with Crippen molar-refractivity contribution in [3.8, 4) is 0 Å². The van der Waals surface area contributed by atoms with Crippen LogP contribution in [0.5, 0.6) is 0 Å². The summed E-state index contributed by atoms with van der Waals surface area (Å²) in [4.78, 5) is 10.7. The molecule has 0 aliphatic carbocycles. The van der Waals surface area contributed by atoms with Gasteiger partial charge in [-0.3, -0.25) is 0 Å². The van der Waals surface area contributed by atoms with E-state index in [1.165, 1.54) is 11.5 Å². The predicted octanol–water partition coefficient (Wildman–Crippen LogP) is 2.76. The van der Waals surface area contributed by atoms with Gasteiger partial charge in [0.25, 0.3) is 0 Å². The Morgan fingerprint density at radius 3 is 3.00 bits per heavy atom. The first-order valence-corrected chi connectivity index (χ1v) is 5.02. The smallest absolute Gasteiger partial charge is 0.335 e. The largest absolute Gasteiger partial charge is 0.478 e. The fraction of sp³-hybridized carbons (Fsp3) is 0. The normalized spacial score (nSPS) is 10.5. The van der Waals surface area contributed by atoms with Gasteiger partial charge in [0.2, 0.25) is 0 Å². The van der Waals surface area contributed by atoms with Crippen LogP contribution >= 0.6 is 27.5 Å². The number of halogens is 1. The number of hydrogen-bond donors (Lipinski definition) is 1. The average Bonchev–Trinajstić information content (AvgIpc) is 2.51. The molecule has 1 heterocycles. The molecular weight excluding hydrogens is 254 g/mol. The van der Waals surface area contributed by atoms with Crippen molar-refractivity contribution in [2.75, 3.05) is 0 Å². The van der Waals surface area contributed by atoms with E-state index < -0.39 is 5.97 Å². The summed E-state index contributed by atoms with van der Waals surface area (Å²) in [5.74, 6) is -0.922. The van der Waals surface area contributed by atoms with Crippen molar-refractivity contribution in [2.45, 2.75) is 0 Å². The quantitative estimate of drug-likeness (QED) is 0.855. The Balaban J connectivity index is 2.77. The highest BCUT2D eigenvalue weighted by Crippen LogP contribution is 2.28. The van der Waals surface area contributed by atoms with E-state index >= 15 is 0 Å². The third-order valence-corrected chi connectivity index (χ3v) is 3.39. The Labute approximate surface area is 86.3 Å². The summed E-state index contributed by atoms with van der Waals surface area (Å²) in [6.45, 7) is 0. The molecule has 1 aromatic carbocycles. The van der Waals surface area contributed by atoms with E-state index in [2.05, 4.69) is 20.3 Å². The average molecular weight is 258 g/mol. The maximum absolute atomic E-state index is 10.7. The molecule has 2 rings (SSSR count). The van der Waals surface area contributed by atoms with Gasteiger partial charge >= 0.3 is 5.97 Å². The zero-order valence-electron chi connectivity index (χ0n) is 6.32. The minimum atomic E-state index is -0.922. The fourth-order valence-corrected chi connectivity index (χ4v) is 2.39. The van der Waals surface area contributed by atoms with Crippen molar-refractivity contribution >= 4 is 43.5 Å². The van der Waals surface area contributed by atoms with Crippen LogP contribution < -0.4 is 0 Å². The van der Waals surface area contributed by atoms with Gasteiger partial charge in [-0.25, -0.2) is 4.79 Å².